The normalized spacial score (nSPS) is 17.6. The van der Waals surface area contributed by atoms with Crippen LogP contribution in [0.2, 0.25) is 0 Å². The molecule has 2 nitrogen and oxygen atoms in total. The number of rotatable bonds is 4. The molecular formula is C18H17BrO2S. The highest BCUT2D eigenvalue weighted by molar-refractivity contribution is 9.10. The lowest BCUT2D eigenvalue weighted by atomic mass is 9.55. The highest BCUT2D eigenvalue weighted by Gasteiger charge is 2.59. The molecule has 0 atom stereocenters. The van der Waals surface area contributed by atoms with E-state index in [1.165, 1.54) is 0 Å². The molecule has 2 aromatic rings. The molecule has 1 aromatic heterocycles. The van der Waals surface area contributed by atoms with Gasteiger partial charge in [-0.1, -0.05) is 41.9 Å². The van der Waals surface area contributed by atoms with Crippen LogP contribution in [0, 0.1) is 5.41 Å². The van der Waals surface area contributed by atoms with Gasteiger partial charge >= 0.3 is 0 Å². The lowest BCUT2D eigenvalue weighted by Crippen LogP contribution is -2.56. The van der Waals surface area contributed by atoms with Crippen molar-refractivity contribution in [3.05, 3.63) is 45.7 Å². The summed E-state index contributed by atoms with van der Waals surface area (Å²) in [6.07, 6.45) is 1.22. The molecule has 0 radical (unpaired) electrons. The summed E-state index contributed by atoms with van der Waals surface area (Å²) in [4.78, 5) is 26.1. The summed E-state index contributed by atoms with van der Waals surface area (Å²) < 4.78 is 1.04. The van der Waals surface area contributed by atoms with E-state index in [1.807, 2.05) is 49.6 Å². The van der Waals surface area contributed by atoms with Crippen LogP contribution < -0.4 is 0 Å². The van der Waals surface area contributed by atoms with Gasteiger partial charge in [-0.2, -0.15) is 0 Å². The Morgan fingerprint density at radius 2 is 1.68 bits per heavy atom. The van der Waals surface area contributed by atoms with Crippen LogP contribution in [-0.4, -0.2) is 11.6 Å². The number of benzene rings is 1. The molecule has 1 aliphatic carbocycles. The third-order valence-corrected chi connectivity index (χ3v) is 6.28. The van der Waals surface area contributed by atoms with E-state index in [4.69, 9.17) is 0 Å². The Labute approximate surface area is 142 Å². The number of hydrogen-bond donors (Lipinski definition) is 0. The second-order valence-electron chi connectivity index (χ2n) is 5.70. The Balaban J connectivity index is 1.88. The van der Waals surface area contributed by atoms with Crippen LogP contribution in [0.1, 0.15) is 38.2 Å². The van der Waals surface area contributed by atoms with Gasteiger partial charge in [0.15, 0.2) is 11.6 Å². The number of carbonyl (C=O) groups is 2. The van der Waals surface area contributed by atoms with Crippen molar-refractivity contribution in [2.45, 2.75) is 32.6 Å². The van der Waals surface area contributed by atoms with E-state index in [2.05, 4.69) is 15.9 Å². The third kappa shape index (κ3) is 2.20. The molecule has 1 heterocycles. The highest BCUT2D eigenvalue weighted by atomic mass is 79.9. The minimum absolute atomic E-state index is 0.0997. The largest absolute Gasteiger partial charge is 0.297 e. The molecule has 1 saturated carbocycles. The zero-order valence-electron chi connectivity index (χ0n) is 12.6. The molecule has 4 heteroatoms. The third-order valence-electron chi connectivity index (χ3n) is 4.76. The first-order chi connectivity index (χ1) is 10.5. The number of hydrogen-bond acceptors (Lipinski definition) is 3. The summed E-state index contributed by atoms with van der Waals surface area (Å²) in [5.74, 6) is -0.342. The van der Waals surface area contributed by atoms with Gasteiger partial charge in [0.25, 0.3) is 0 Å². The summed E-state index contributed by atoms with van der Waals surface area (Å²) in [7, 11) is 0. The fourth-order valence-corrected chi connectivity index (χ4v) is 4.44. The average Bonchev–Trinajstić information content (AvgIpc) is 2.99. The van der Waals surface area contributed by atoms with Crippen molar-refractivity contribution in [2.75, 3.05) is 0 Å². The van der Waals surface area contributed by atoms with E-state index in [-0.39, 0.29) is 11.6 Å². The van der Waals surface area contributed by atoms with Gasteiger partial charge < -0.3 is 0 Å². The molecule has 0 bridgehead atoms. The first-order valence-corrected chi connectivity index (χ1v) is 9.13. The first-order valence-electron chi connectivity index (χ1n) is 7.46. The number of carbonyl (C=O) groups excluding carboxylic acids is 2. The second kappa shape index (κ2) is 5.74. The smallest absolute Gasteiger partial charge is 0.161 e. The molecule has 3 rings (SSSR count). The molecule has 1 aliphatic rings. The van der Waals surface area contributed by atoms with Crippen LogP contribution in [0.3, 0.4) is 0 Å². The molecule has 0 saturated heterocycles. The number of Topliss-reactive ketones (excluding diaryl/α,β-unsaturated/α-hetero) is 2. The van der Waals surface area contributed by atoms with Gasteiger partial charge in [0.05, 0.1) is 5.41 Å². The van der Waals surface area contributed by atoms with Crippen LogP contribution in [-0.2, 0) is 9.59 Å². The van der Waals surface area contributed by atoms with Gasteiger partial charge in [0.1, 0.15) is 5.92 Å². The van der Waals surface area contributed by atoms with Crippen LogP contribution in [0.4, 0.5) is 0 Å². The molecule has 0 N–H and O–H groups in total. The summed E-state index contributed by atoms with van der Waals surface area (Å²) >= 11 is 5.01. The fourth-order valence-electron chi connectivity index (χ4n) is 3.23. The molecule has 22 heavy (non-hydrogen) atoms. The number of halogens is 1. The van der Waals surface area contributed by atoms with Gasteiger partial charge in [0, 0.05) is 9.35 Å². The molecule has 0 amide bonds. The highest BCUT2D eigenvalue weighted by Crippen LogP contribution is 2.49. The van der Waals surface area contributed by atoms with Crippen molar-refractivity contribution in [1.82, 2.24) is 0 Å². The minimum Gasteiger partial charge on any atom is -0.297 e. The van der Waals surface area contributed by atoms with E-state index < -0.39 is 11.3 Å². The van der Waals surface area contributed by atoms with Crippen molar-refractivity contribution in [3.63, 3.8) is 0 Å². The van der Waals surface area contributed by atoms with E-state index in [0.717, 1.165) is 20.5 Å². The fraction of sp³-hybridized carbons (Fsp3) is 0.333. The first kappa shape index (κ1) is 15.6. The quantitative estimate of drug-likeness (QED) is 0.685. The Hall–Kier alpha value is -1.26. The lowest BCUT2D eigenvalue weighted by Gasteiger charge is -2.42. The molecule has 0 aliphatic heterocycles. The number of ketones is 2. The predicted octanol–water partition coefficient (Wildman–Crippen LogP) is 5.22. The molecule has 1 aromatic carbocycles. The van der Waals surface area contributed by atoms with Gasteiger partial charge in [-0.3, -0.25) is 9.59 Å². The van der Waals surface area contributed by atoms with Crippen molar-refractivity contribution in [1.29, 1.82) is 0 Å². The van der Waals surface area contributed by atoms with Crippen molar-refractivity contribution in [3.8, 4) is 10.4 Å². The molecular weight excluding hydrogens is 360 g/mol. The van der Waals surface area contributed by atoms with Gasteiger partial charge in [-0.15, -0.1) is 11.3 Å². The topological polar surface area (TPSA) is 34.1 Å². The van der Waals surface area contributed by atoms with Gasteiger partial charge in [-0.05, 0) is 47.5 Å². The Bertz CT molecular complexity index is 708. The van der Waals surface area contributed by atoms with Crippen molar-refractivity contribution < 1.29 is 9.59 Å². The molecule has 0 spiro atoms. The predicted molar refractivity (Wildman–Crippen MR) is 93.2 cm³/mol. The zero-order valence-corrected chi connectivity index (χ0v) is 15.0. The number of thiophene rings is 1. The second-order valence-corrected chi connectivity index (χ2v) is 7.53. The zero-order chi connectivity index (χ0) is 15.9. The van der Waals surface area contributed by atoms with Crippen LogP contribution >= 0.6 is 27.3 Å². The monoisotopic (exact) mass is 376 g/mol. The van der Waals surface area contributed by atoms with E-state index in [9.17, 15) is 9.59 Å². The van der Waals surface area contributed by atoms with Gasteiger partial charge in [-0.25, -0.2) is 0 Å². The molecule has 114 valence electrons. The average molecular weight is 377 g/mol. The Kier molecular flexibility index (Phi) is 4.08. The maximum Gasteiger partial charge on any atom is 0.161 e. The van der Waals surface area contributed by atoms with Crippen LogP contribution in [0.5, 0.6) is 0 Å². The van der Waals surface area contributed by atoms with Gasteiger partial charge in [0.2, 0.25) is 0 Å². The van der Waals surface area contributed by atoms with Crippen molar-refractivity contribution >= 4 is 38.8 Å². The van der Waals surface area contributed by atoms with Crippen LogP contribution in [0.15, 0.2) is 40.2 Å². The van der Waals surface area contributed by atoms with E-state index >= 15 is 0 Å². The standard InChI is InChI=1S/C18H17BrO2S/c1-3-18(4-2)16(20)15(17(18)21)12-9-14(22-10-12)11-5-7-13(19)8-6-11/h5-10,15H,3-4H2,1-2H3. The SMILES string of the molecule is CCC1(CC)C(=O)C(c2csc(-c3ccc(Br)cc3)c2)C1=O. The minimum atomic E-state index is -0.718. The molecule has 0 unspecified atom stereocenters. The maximum absolute atomic E-state index is 12.5. The summed E-state index contributed by atoms with van der Waals surface area (Å²) in [6, 6.07) is 10.0. The Morgan fingerprint density at radius 3 is 2.23 bits per heavy atom. The summed E-state index contributed by atoms with van der Waals surface area (Å²) in [6.45, 7) is 3.85. The molecule has 1 fully saturated rings. The van der Waals surface area contributed by atoms with E-state index in [0.29, 0.717) is 12.8 Å². The maximum atomic E-state index is 12.5. The van der Waals surface area contributed by atoms with Crippen molar-refractivity contribution in [2.24, 2.45) is 5.41 Å². The summed E-state index contributed by atoms with van der Waals surface area (Å²) in [5.41, 5.74) is 1.25. The lowest BCUT2D eigenvalue weighted by molar-refractivity contribution is -0.156. The Morgan fingerprint density at radius 1 is 1.09 bits per heavy atom. The van der Waals surface area contributed by atoms with Crippen LogP contribution in [0.25, 0.3) is 10.4 Å². The van der Waals surface area contributed by atoms with E-state index in [1.54, 1.807) is 11.3 Å². The summed E-state index contributed by atoms with van der Waals surface area (Å²) in [5, 5.41) is 1.95.